The maximum absolute atomic E-state index is 12.3. The smallest absolute Gasteiger partial charge is 0.257 e. The Morgan fingerprint density at radius 2 is 1.73 bits per heavy atom. The molecular weight excluding hydrogens is 348 g/mol. The molecule has 0 aliphatic heterocycles. The minimum Gasteiger partial charge on any atom is -0.507 e. The molecule has 0 saturated carbocycles. The first-order valence-electron chi connectivity index (χ1n) is 8.14. The highest BCUT2D eigenvalue weighted by Gasteiger charge is 2.10. The van der Waals surface area contributed by atoms with Crippen LogP contribution in [-0.4, -0.2) is 22.7 Å². The van der Waals surface area contributed by atoms with Gasteiger partial charge in [0, 0.05) is 22.0 Å². The van der Waals surface area contributed by atoms with Crippen LogP contribution in [0.25, 0.3) is 10.8 Å². The zero-order valence-electron chi connectivity index (χ0n) is 14.2. The Balaban J connectivity index is 1.71. The molecule has 0 aliphatic carbocycles. The number of fused-ring (bicyclic) bond motifs is 1. The van der Waals surface area contributed by atoms with Crippen LogP contribution in [0.5, 0.6) is 11.5 Å². The van der Waals surface area contributed by atoms with Crippen LogP contribution < -0.4 is 15.4 Å². The lowest BCUT2D eigenvalue weighted by Crippen LogP contribution is -2.34. The van der Waals surface area contributed by atoms with Crippen molar-refractivity contribution in [2.45, 2.75) is 6.92 Å². The first-order valence-corrected chi connectivity index (χ1v) is 8.55. The normalized spacial score (nSPS) is 10.3. The molecule has 6 heteroatoms. The number of phenols is 1. The lowest BCUT2D eigenvalue weighted by Gasteiger charge is -2.12. The summed E-state index contributed by atoms with van der Waals surface area (Å²) in [7, 11) is 0. The van der Waals surface area contributed by atoms with E-state index in [1.54, 1.807) is 42.5 Å². The van der Waals surface area contributed by atoms with Gasteiger partial charge in [-0.15, -0.1) is 0 Å². The fourth-order valence-electron chi connectivity index (χ4n) is 2.60. The van der Waals surface area contributed by atoms with Gasteiger partial charge in [-0.2, -0.15) is 0 Å². The molecule has 0 spiro atoms. The topological polar surface area (TPSA) is 70.6 Å². The van der Waals surface area contributed by atoms with Crippen molar-refractivity contribution >= 4 is 39.7 Å². The van der Waals surface area contributed by atoms with Crippen LogP contribution in [0.3, 0.4) is 0 Å². The highest BCUT2D eigenvalue weighted by atomic mass is 32.1. The molecule has 0 atom stereocenters. The molecule has 3 aromatic rings. The van der Waals surface area contributed by atoms with Gasteiger partial charge in [0.05, 0.1) is 6.61 Å². The second-order valence-electron chi connectivity index (χ2n) is 5.54. The van der Waals surface area contributed by atoms with Crippen molar-refractivity contribution in [3.8, 4) is 11.5 Å². The monoisotopic (exact) mass is 366 g/mol. The number of carbonyl (C=O) groups excluding carboxylic acids is 1. The van der Waals surface area contributed by atoms with Gasteiger partial charge in [0.2, 0.25) is 0 Å². The first kappa shape index (κ1) is 17.7. The molecule has 26 heavy (non-hydrogen) atoms. The molecule has 3 rings (SSSR count). The molecule has 3 aromatic carbocycles. The van der Waals surface area contributed by atoms with Gasteiger partial charge in [0.25, 0.3) is 5.91 Å². The zero-order valence-corrected chi connectivity index (χ0v) is 15.0. The molecule has 0 aromatic heterocycles. The van der Waals surface area contributed by atoms with E-state index in [1.165, 1.54) is 0 Å². The van der Waals surface area contributed by atoms with E-state index in [1.807, 2.05) is 25.1 Å². The van der Waals surface area contributed by atoms with Gasteiger partial charge < -0.3 is 15.2 Å². The maximum atomic E-state index is 12.3. The highest BCUT2D eigenvalue weighted by Crippen LogP contribution is 2.29. The van der Waals surface area contributed by atoms with Crippen molar-refractivity contribution in [3.05, 3.63) is 66.2 Å². The standard InChI is InChI=1S/C20H18N2O3S/c1-2-25-14-11-9-13(10-12-14)19(24)22-20(26)21-17-7-3-6-16-15(17)5-4-8-18(16)23/h3-12,23H,2H2,1H3,(H2,21,22,24,26). The average molecular weight is 366 g/mol. The lowest BCUT2D eigenvalue weighted by molar-refractivity contribution is 0.0977. The SMILES string of the molecule is CCOc1ccc(C(=O)NC(=S)Nc2cccc3c(O)cccc23)cc1. The summed E-state index contributed by atoms with van der Waals surface area (Å²) in [6.07, 6.45) is 0. The predicted molar refractivity (Wildman–Crippen MR) is 107 cm³/mol. The molecule has 5 nitrogen and oxygen atoms in total. The quantitative estimate of drug-likeness (QED) is 0.607. The predicted octanol–water partition coefficient (Wildman–Crippen LogP) is 4.07. The number of hydrogen-bond acceptors (Lipinski definition) is 4. The molecule has 0 heterocycles. The maximum Gasteiger partial charge on any atom is 0.257 e. The van der Waals surface area contributed by atoms with E-state index in [4.69, 9.17) is 17.0 Å². The molecule has 0 unspecified atom stereocenters. The largest absolute Gasteiger partial charge is 0.507 e. The summed E-state index contributed by atoms with van der Waals surface area (Å²) >= 11 is 5.25. The number of aromatic hydroxyl groups is 1. The number of benzene rings is 3. The Kier molecular flexibility index (Phi) is 5.34. The van der Waals surface area contributed by atoms with Crippen molar-refractivity contribution < 1.29 is 14.6 Å². The average Bonchev–Trinajstić information content (AvgIpc) is 2.63. The molecule has 0 fully saturated rings. The summed E-state index contributed by atoms with van der Waals surface area (Å²) in [4.78, 5) is 12.3. The third-order valence-electron chi connectivity index (χ3n) is 3.80. The Labute approximate surface area is 156 Å². The van der Waals surface area contributed by atoms with Gasteiger partial charge >= 0.3 is 0 Å². The summed E-state index contributed by atoms with van der Waals surface area (Å²) in [6, 6.07) is 17.5. The van der Waals surface area contributed by atoms with E-state index in [-0.39, 0.29) is 16.8 Å². The van der Waals surface area contributed by atoms with Crippen LogP contribution in [0, 0.1) is 0 Å². The van der Waals surface area contributed by atoms with Crippen molar-refractivity contribution in [3.63, 3.8) is 0 Å². The molecular formula is C20H18N2O3S. The number of anilines is 1. The van der Waals surface area contributed by atoms with Gasteiger partial charge in [0.1, 0.15) is 11.5 Å². The van der Waals surface area contributed by atoms with Gasteiger partial charge in [-0.1, -0.05) is 24.3 Å². The van der Waals surface area contributed by atoms with Crippen LogP contribution in [0.2, 0.25) is 0 Å². The summed E-state index contributed by atoms with van der Waals surface area (Å²) in [5, 5.41) is 17.3. The number of phenolic OH excluding ortho intramolecular Hbond substituents is 1. The Morgan fingerprint density at radius 1 is 1.04 bits per heavy atom. The van der Waals surface area contributed by atoms with E-state index in [0.29, 0.717) is 29.0 Å². The van der Waals surface area contributed by atoms with Gasteiger partial charge in [-0.25, -0.2) is 0 Å². The summed E-state index contributed by atoms with van der Waals surface area (Å²) in [6.45, 7) is 2.47. The number of rotatable bonds is 4. The third kappa shape index (κ3) is 3.92. The number of carbonyl (C=O) groups is 1. The van der Waals surface area contributed by atoms with Crippen molar-refractivity contribution in [1.82, 2.24) is 5.32 Å². The number of thiocarbonyl (C=S) groups is 1. The minimum absolute atomic E-state index is 0.180. The second-order valence-corrected chi connectivity index (χ2v) is 5.95. The lowest BCUT2D eigenvalue weighted by atomic mass is 10.1. The Bertz CT molecular complexity index is 955. The number of hydrogen-bond donors (Lipinski definition) is 3. The van der Waals surface area contributed by atoms with Crippen molar-refractivity contribution in [2.75, 3.05) is 11.9 Å². The van der Waals surface area contributed by atoms with Crippen LogP contribution in [-0.2, 0) is 0 Å². The molecule has 132 valence electrons. The second kappa shape index (κ2) is 7.84. The fraction of sp³-hybridized carbons (Fsp3) is 0.100. The van der Waals surface area contributed by atoms with E-state index < -0.39 is 0 Å². The molecule has 0 aliphatic rings. The summed E-state index contributed by atoms with van der Waals surface area (Å²) < 4.78 is 5.36. The number of ether oxygens (including phenoxy) is 1. The fourth-order valence-corrected chi connectivity index (χ4v) is 2.80. The van der Waals surface area contributed by atoms with E-state index in [0.717, 1.165) is 5.39 Å². The molecule has 0 radical (unpaired) electrons. The molecule has 0 saturated heterocycles. The Hall–Kier alpha value is -3.12. The zero-order chi connectivity index (χ0) is 18.5. The van der Waals surface area contributed by atoms with E-state index in [2.05, 4.69) is 10.6 Å². The van der Waals surface area contributed by atoms with Gasteiger partial charge in [-0.05, 0) is 55.5 Å². The minimum atomic E-state index is -0.311. The third-order valence-corrected chi connectivity index (χ3v) is 4.01. The van der Waals surface area contributed by atoms with Crippen LogP contribution in [0.15, 0.2) is 60.7 Å². The number of nitrogens with one attached hydrogen (secondary N) is 2. The highest BCUT2D eigenvalue weighted by molar-refractivity contribution is 7.80. The van der Waals surface area contributed by atoms with Crippen LogP contribution in [0.4, 0.5) is 5.69 Å². The van der Waals surface area contributed by atoms with Crippen molar-refractivity contribution in [1.29, 1.82) is 0 Å². The molecule has 1 amide bonds. The Morgan fingerprint density at radius 3 is 2.46 bits per heavy atom. The van der Waals surface area contributed by atoms with Crippen LogP contribution >= 0.6 is 12.2 Å². The van der Waals surface area contributed by atoms with Gasteiger partial charge in [-0.3, -0.25) is 10.1 Å². The van der Waals surface area contributed by atoms with Crippen molar-refractivity contribution in [2.24, 2.45) is 0 Å². The van der Waals surface area contributed by atoms with E-state index >= 15 is 0 Å². The summed E-state index contributed by atoms with van der Waals surface area (Å²) in [5.41, 5.74) is 1.18. The first-order chi connectivity index (χ1) is 12.6. The molecule has 0 bridgehead atoms. The van der Waals surface area contributed by atoms with Gasteiger partial charge in [0.15, 0.2) is 5.11 Å². The van der Waals surface area contributed by atoms with Crippen LogP contribution in [0.1, 0.15) is 17.3 Å². The van der Waals surface area contributed by atoms with E-state index in [9.17, 15) is 9.90 Å². The number of amides is 1. The summed E-state index contributed by atoms with van der Waals surface area (Å²) in [5.74, 6) is 0.587. The molecule has 3 N–H and O–H groups in total.